The van der Waals surface area contributed by atoms with E-state index in [9.17, 15) is 13.6 Å². The number of hydrogen-bond acceptors (Lipinski definition) is 4. The molecule has 0 N–H and O–H groups in total. The number of aromatic nitrogens is 1. The summed E-state index contributed by atoms with van der Waals surface area (Å²) in [4.78, 5) is 16.1. The minimum absolute atomic E-state index is 0.00652. The first-order valence-corrected chi connectivity index (χ1v) is 6.56. The van der Waals surface area contributed by atoms with Crippen LogP contribution in [0.25, 0.3) is 22.4 Å². The van der Waals surface area contributed by atoms with Crippen molar-refractivity contribution >= 4 is 22.5 Å². The van der Waals surface area contributed by atoms with E-state index in [1.807, 2.05) is 0 Å². The number of para-hydroxylation sites is 1. The molecule has 3 rings (SSSR count). The van der Waals surface area contributed by atoms with E-state index in [4.69, 9.17) is 16.0 Å². The summed E-state index contributed by atoms with van der Waals surface area (Å²) in [6.45, 7) is 0. The van der Waals surface area contributed by atoms with Crippen LogP contribution in [0.3, 0.4) is 0 Å². The van der Waals surface area contributed by atoms with Gasteiger partial charge < -0.3 is 9.15 Å². The zero-order chi connectivity index (χ0) is 15.7. The van der Waals surface area contributed by atoms with Gasteiger partial charge in [-0.05, 0) is 30.3 Å². The topological polar surface area (TPSA) is 52.3 Å². The molecule has 7 heteroatoms. The molecule has 0 saturated heterocycles. The molecular weight excluding hydrogens is 316 g/mol. The van der Waals surface area contributed by atoms with E-state index in [2.05, 4.69) is 9.72 Å². The third-order valence-corrected chi connectivity index (χ3v) is 2.93. The van der Waals surface area contributed by atoms with Crippen LogP contribution in [0.2, 0.25) is 0 Å². The monoisotopic (exact) mass is 323 g/mol. The van der Waals surface area contributed by atoms with Gasteiger partial charge in [0.15, 0.2) is 0 Å². The lowest BCUT2D eigenvalue weighted by Gasteiger charge is -2.11. The molecule has 0 aliphatic rings. The maximum atomic E-state index is 12.7. The number of ether oxygens (including phenoxy) is 1. The van der Waals surface area contributed by atoms with Crippen molar-refractivity contribution in [1.82, 2.24) is 4.98 Å². The van der Waals surface area contributed by atoms with Crippen molar-refractivity contribution in [3.63, 3.8) is 0 Å². The van der Waals surface area contributed by atoms with E-state index in [1.54, 1.807) is 30.3 Å². The third kappa shape index (κ3) is 3.07. The molecule has 0 aliphatic carbocycles. The molecule has 22 heavy (non-hydrogen) atoms. The van der Waals surface area contributed by atoms with Crippen molar-refractivity contribution in [2.75, 3.05) is 0 Å². The lowest BCUT2D eigenvalue weighted by molar-refractivity contribution is -0.0964. The Morgan fingerprint density at radius 2 is 1.91 bits per heavy atom. The van der Waals surface area contributed by atoms with Gasteiger partial charge in [0.2, 0.25) is 5.89 Å². The standard InChI is InChI=1S/C15H8ClF2NO3/c16-15(17,18)22-10-5-3-4-9(8-10)13-19-12-7-2-1-6-11(12)14(20)21-13/h1-8H. The van der Waals surface area contributed by atoms with Crippen LogP contribution in [0.1, 0.15) is 0 Å². The molecule has 0 saturated carbocycles. The van der Waals surface area contributed by atoms with Gasteiger partial charge in [-0.3, -0.25) is 0 Å². The van der Waals surface area contributed by atoms with E-state index < -0.39 is 11.2 Å². The number of benzene rings is 2. The molecule has 112 valence electrons. The van der Waals surface area contributed by atoms with E-state index >= 15 is 0 Å². The quantitative estimate of drug-likeness (QED) is 0.683. The second kappa shape index (κ2) is 5.38. The third-order valence-electron chi connectivity index (χ3n) is 2.85. The van der Waals surface area contributed by atoms with Crippen LogP contribution in [0.15, 0.2) is 57.7 Å². The van der Waals surface area contributed by atoms with Crippen LogP contribution in [0.4, 0.5) is 8.78 Å². The summed E-state index contributed by atoms with van der Waals surface area (Å²) in [5.41, 5.74) is -3.62. The van der Waals surface area contributed by atoms with Gasteiger partial charge in [0.05, 0.1) is 10.9 Å². The van der Waals surface area contributed by atoms with Crippen LogP contribution in [0, 0.1) is 0 Å². The molecule has 0 amide bonds. The predicted octanol–water partition coefficient (Wildman–Crippen LogP) is 4.02. The summed E-state index contributed by atoms with van der Waals surface area (Å²) in [6.07, 6.45) is 0. The Bertz CT molecular complexity index is 890. The molecule has 4 nitrogen and oxygen atoms in total. The highest BCUT2D eigenvalue weighted by Crippen LogP contribution is 2.28. The van der Waals surface area contributed by atoms with Crippen LogP contribution in [-0.4, -0.2) is 10.6 Å². The smallest absolute Gasteiger partial charge is 0.420 e. The van der Waals surface area contributed by atoms with Gasteiger partial charge in [-0.15, -0.1) is 8.78 Å². The van der Waals surface area contributed by atoms with Crippen molar-refractivity contribution in [3.05, 3.63) is 59.0 Å². The van der Waals surface area contributed by atoms with Crippen molar-refractivity contribution in [3.8, 4) is 17.2 Å². The van der Waals surface area contributed by atoms with Gasteiger partial charge in [0, 0.05) is 17.2 Å². The second-order valence-electron chi connectivity index (χ2n) is 4.40. The highest BCUT2D eigenvalue weighted by Gasteiger charge is 2.27. The van der Waals surface area contributed by atoms with Gasteiger partial charge in [0.1, 0.15) is 5.75 Å². The Labute approximate surface area is 127 Å². The first-order chi connectivity index (χ1) is 10.4. The lowest BCUT2D eigenvalue weighted by atomic mass is 10.2. The molecular formula is C15H8ClF2NO3. The minimum Gasteiger partial charge on any atom is -0.420 e. The molecule has 0 radical (unpaired) electrons. The number of nitrogens with zero attached hydrogens (tertiary/aromatic N) is 1. The van der Waals surface area contributed by atoms with E-state index in [-0.39, 0.29) is 11.6 Å². The van der Waals surface area contributed by atoms with E-state index in [0.717, 1.165) is 0 Å². The summed E-state index contributed by atoms with van der Waals surface area (Å²) in [5.74, 6) is -0.165. The van der Waals surface area contributed by atoms with Crippen LogP contribution < -0.4 is 10.4 Å². The zero-order valence-electron chi connectivity index (χ0n) is 10.9. The van der Waals surface area contributed by atoms with Crippen LogP contribution in [0.5, 0.6) is 5.75 Å². The highest BCUT2D eigenvalue weighted by atomic mass is 35.5. The first-order valence-electron chi connectivity index (χ1n) is 6.18. The molecule has 2 aromatic carbocycles. The van der Waals surface area contributed by atoms with Gasteiger partial charge in [0.25, 0.3) is 0 Å². The van der Waals surface area contributed by atoms with Crippen LogP contribution in [-0.2, 0) is 0 Å². The van der Waals surface area contributed by atoms with Crippen molar-refractivity contribution in [2.45, 2.75) is 5.57 Å². The SMILES string of the molecule is O=c1oc(-c2cccc(OC(F)(F)Cl)c2)nc2ccccc12. The fraction of sp³-hybridized carbons (Fsp3) is 0.0667. The average molecular weight is 324 g/mol. The molecule has 3 aromatic rings. The molecule has 0 aliphatic heterocycles. The van der Waals surface area contributed by atoms with E-state index in [0.29, 0.717) is 16.5 Å². The van der Waals surface area contributed by atoms with Gasteiger partial charge in [-0.2, -0.15) is 0 Å². The van der Waals surface area contributed by atoms with Gasteiger partial charge in [-0.1, -0.05) is 18.2 Å². The molecule has 0 unspecified atom stereocenters. The number of halogens is 3. The molecule has 0 fully saturated rings. The molecule has 0 spiro atoms. The fourth-order valence-electron chi connectivity index (χ4n) is 1.97. The number of hydrogen-bond donors (Lipinski definition) is 0. The summed E-state index contributed by atoms with van der Waals surface area (Å²) >= 11 is 4.72. The summed E-state index contributed by atoms with van der Waals surface area (Å²) in [6, 6.07) is 12.2. The predicted molar refractivity (Wildman–Crippen MR) is 77.1 cm³/mol. The Balaban J connectivity index is 2.08. The maximum absolute atomic E-state index is 12.7. The van der Waals surface area contributed by atoms with E-state index in [1.165, 1.54) is 18.2 Å². The Morgan fingerprint density at radius 1 is 1.14 bits per heavy atom. The molecule has 0 bridgehead atoms. The Hall–Kier alpha value is -2.47. The average Bonchev–Trinajstić information content (AvgIpc) is 2.46. The van der Waals surface area contributed by atoms with Gasteiger partial charge >= 0.3 is 11.2 Å². The maximum Gasteiger partial charge on any atom is 0.487 e. The minimum atomic E-state index is -3.82. The lowest BCUT2D eigenvalue weighted by Crippen LogP contribution is -2.15. The van der Waals surface area contributed by atoms with Gasteiger partial charge in [-0.25, -0.2) is 9.78 Å². The number of rotatable bonds is 3. The van der Waals surface area contributed by atoms with Crippen molar-refractivity contribution in [2.24, 2.45) is 0 Å². The second-order valence-corrected chi connectivity index (χ2v) is 4.84. The zero-order valence-corrected chi connectivity index (χ0v) is 11.7. The number of alkyl halides is 3. The van der Waals surface area contributed by atoms with Crippen molar-refractivity contribution in [1.29, 1.82) is 0 Å². The first kappa shape index (κ1) is 14.5. The molecule has 1 heterocycles. The van der Waals surface area contributed by atoms with Crippen molar-refractivity contribution < 1.29 is 17.9 Å². The highest BCUT2D eigenvalue weighted by molar-refractivity contribution is 6.20. The summed E-state index contributed by atoms with van der Waals surface area (Å²) in [5, 5.41) is 0.339. The largest absolute Gasteiger partial charge is 0.487 e. The number of fused-ring (bicyclic) bond motifs is 1. The van der Waals surface area contributed by atoms with Crippen LogP contribution >= 0.6 is 11.6 Å². The Kier molecular flexibility index (Phi) is 3.54. The molecule has 1 aromatic heterocycles. The molecule has 0 atom stereocenters. The normalized spacial score (nSPS) is 11.6. The Morgan fingerprint density at radius 3 is 2.68 bits per heavy atom. The fourth-order valence-corrected chi connectivity index (χ4v) is 2.06. The summed E-state index contributed by atoms with van der Waals surface area (Å²) in [7, 11) is 0. The summed E-state index contributed by atoms with van der Waals surface area (Å²) < 4.78 is 34.7.